The molecular weight excluding hydrogens is 250 g/mol. The molecule has 20 heavy (non-hydrogen) atoms. The van der Waals surface area contributed by atoms with Crippen molar-refractivity contribution in [1.29, 1.82) is 0 Å². The Labute approximate surface area is 116 Å². The highest BCUT2D eigenvalue weighted by atomic mass is 16.4. The molecule has 3 aromatic rings. The van der Waals surface area contributed by atoms with Gasteiger partial charge in [0.05, 0.1) is 11.2 Å². The Hall–Kier alpha value is -2.62. The molecule has 4 heteroatoms. The third kappa shape index (κ3) is 2.28. The number of nitrogens with zero attached hydrogens (tertiary/aromatic N) is 3. The molecule has 0 fully saturated rings. The third-order valence-corrected chi connectivity index (χ3v) is 2.85. The van der Waals surface area contributed by atoms with Crippen molar-refractivity contribution in [1.82, 2.24) is 4.57 Å². The quantitative estimate of drug-likeness (QED) is 0.516. The molecule has 100 valence electrons. The highest BCUT2D eigenvalue weighted by Crippen LogP contribution is 2.16. The normalized spacial score (nSPS) is 11.8. The van der Waals surface area contributed by atoms with E-state index in [9.17, 15) is 0 Å². The number of aromatic nitrogens is 1. The van der Waals surface area contributed by atoms with Crippen LogP contribution in [-0.4, -0.2) is 10.3 Å². The van der Waals surface area contributed by atoms with Crippen LogP contribution < -0.4 is 5.68 Å². The van der Waals surface area contributed by atoms with E-state index in [1.165, 1.54) is 0 Å². The molecule has 4 nitrogen and oxygen atoms in total. The third-order valence-electron chi connectivity index (χ3n) is 2.85. The fourth-order valence-corrected chi connectivity index (χ4v) is 2.01. The minimum absolute atomic E-state index is 0.471. The average molecular weight is 265 g/mol. The molecule has 0 saturated carbocycles. The van der Waals surface area contributed by atoms with Gasteiger partial charge >= 0.3 is 5.68 Å². The van der Waals surface area contributed by atoms with Gasteiger partial charge in [0.1, 0.15) is 0 Å². The molecule has 0 N–H and O–H groups in total. The van der Waals surface area contributed by atoms with Crippen LogP contribution in [0, 0.1) is 0 Å². The summed E-state index contributed by atoms with van der Waals surface area (Å²) in [6.07, 6.45) is 0. The van der Waals surface area contributed by atoms with Gasteiger partial charge < -0.3 is 4.42 Å². The Kier molecular flexibility index (Phi) is 3.21. The second-order valence-corrected chi connectivity index (χ2v) is 4.67. The summed E-state index contributed by atoms with van der Waals surface area (Å²) in [4.78, 5) is 0. The van der Waals surface area contributed by atoms with E-state index >= 15 is 0 Å². The van der Waals surface area contributed by atoms with Gasteiger partial charge in [-0.1, -0.05) is 35.4 Å². The van der Waals surface area contributed by atoms with Crippen molar-refractivity contribution >= 4 is 16.8 Å². The van der Waals surface area contributed by atoms with E-state index in [0.29, 0.717) is 5.68 Å². The summed E-state index contributed by atoms with van der Waals surface area (Å²) in [6, 6.07) is 17.9. The Morgan fingerprint density at radius 3 is 2.40 bits per heavy atom. The molecule has 0 aliphatic carbocycles. The van der Waals surface area contributed by atoms with Gasteiger partial charge in [-0.25, -0.2) is 0 Å². The maximum atomic E-state index is 5.79. The fourth-order valence-electron chi connectivity index (χ4n) is 2.01. The van der Waals surface area contributed by atoms with Crippen LogP contribution in [0.5, 0.6) is 0 Å². The standard InChI is InChI=1S/C16H15N3O/c1-12(2)17-18-16-19(13-8-4-3-5-9-13)14-10-6-7-11-15(14)20-16/h3-11H,1-2H3/b18-16-. The largest absolute Gasteiger partial charge is 0.422 e. The fraction of sp³-hybridized carbons (Fsp3) is 0.125. The lowest BCUT2D eigenvalue weighted by Crippen LogP contribution is -2.13. The molecule has 0 radical (unpaired) electrons. The van der Waals surface area contributed by atoms with Crippen molar-refractivity contribution in [3.63, 3.8) is 0 Å². The number of hydrogen-bond donors (Lipinski definition) is 0. The molecule has 0 amide bonds. The van der Waals surface area contributed by atoms with Crippen LogP contribution >= 0.6 is 0 Å². The van der Waals surface area contributed by atoms with Gasteiger partial charge in [-0.05, 0) is 38.1 Å². The summed E-state index contributed by atoms with van der Waals surface area (Å²) >= 11 is 0. The first kappa shape index (κ1) is 12.4. The van der Waals surface area contributed by atoms with Crippen molar-refractivity contribution in [2.45, 2.75) is 13.8 Å². The summed E-state index contributed by atoms with van der Waals surface area (Å²) in [5.74, 6) is 0. The SMILES string of the molecule is CC(C)=N/N=c1\oc2ccccc2n1-c1ccccc1. The smallest absolute Gasteiger partial charge is 0.326 e. The van der Waals surface area contributed by atoms with Gasteiger partial charge in [-0.2, -0.15) is 5.10 Å². The van der Waals surface area contributed by atoms with Gasteiger partial charge in [-0.15, -0.1) is 0 Å². The number of hydrogen-bond acceptors (Lipinski definition) is 3. The van der Waals surface area contributed by atoms with Gasteiger partial charge in [-0.3, -0.25) is 4.57 Å². The van der Waals surface area contributed by atoms with Crippen molar-refractivity contribution < 1.29 is 4.42 Å². The average Bonchev–Trinajstić information content (AvgIpc) is 2.84. The number of benzene rings is 2. The highest BCUT2D eigenvalue weighted by Gasteiger charge is 2.08. The highest BCUT2D eigenvalue weighted by molar-refractivity contribution is 5.78. The van der Waals surface area contributed by atoms with Gasteiger partial charge in [0.25, 0.3) is 0 Å². The molecule has 1 aromatic heterocycles. The second-order valence-electron chi connectivity index (χ2n) is 4.67. The summed E-state index contributed by atoms with van der Waals surface area (Å²) in [7, 11) is 0. The first-order chi connectivity index (χ1) is 9.75. The molecule has 1 heterocycles. The van der Waals surface area contributed by atoms with Crippen LogP contribution in [0.15, 0.2) is 69.2 Å². The van der Waals surface area contributed by atoms with E-state index < -0.39 is 0 Å². The van der Waals surface area contributed by atoms with Gasteiger partial charge in [0.2, 0.25) is 0 Å². The van der Waals surface area contributed by atoms with Gasteiger partial charge in [0.15, 0.2) is 5.58 Å². The maximum Gasteiger partial charge on any atom is 0.326 e. The number of para-hydroxylation sites is 3. The van der Waals surface area contributed by atoms with Crippen molar-refractivity contribution in [3.05, 3.63) is 60.3 Å². The van der Waals surface area contributed by atoms with Crippen LogP contribution in [0.25, 0.3) is 16.8 Å². The lowest BCUT2D eigenvalue weighted by molar-refractivity contribution is 0.514. The Balaban J connectivity index is 2.35. The van der Waals surface area contributed by atoms with Gasteiger partial charge in [0, 0.05) is 5.71 Å². The maximum absolute atomic E-state index is 5.79. The first-order valence-electron chi connectivity index (χ1n) is 6.46. The lowest BCUT2D eigenvalue weighted by atomic mass is 10.3. The molecule has 2 aromatic carbocycles. The van der Waals surface area contributed by atoms with E-state index in [1.54, 1.807) is 0 Å². The molecule has 0 bridgehead atoms. The molecule has 0 atom stereocenters. The first-order valence-corrected chi connectivity index (χ1v) is 6.46. The zero-order valence-electron chi connectivity index (χ0n) is 11.4. The van der Waals surface area contributed by atoms with Crippen LogP contribution in [0.1, 0.15) is 13.8 Å². The van der Waals surface area contributed by atoms with E-state index in [1.807, 2.05) is 73.0 Å². The van der Waals surface area contributed by atoms with E-state index in [4.69, 9.17) is 4.42 Å². The molecular formula is C16H15N3O. The summed E-state index contributed by atoms with van der Waals surface area (Å²) in [6.45, 7) is 3.80. The Bertz CT molecular complexity index is 822. The predicted molar refractivity (Wildman–Crippen MR) is 79.9 cm³/mol. The number of rotatable bonds is 2. The van der Waals surface area contributed by atoms with Crippen LogP contribution in [0.2, 0.25) is 0 Å². The summed E-state index contributed by atoms with van der Waals surface area (Å²) < 4.78 is 7.75. The van der Waals surface area contributed by atoms with Crippen molar-refractivity contribution in [3.8, 4) is 5.69 Å². The van der Waals surface area contributed by atoms with Crippen molar-refractivity contribution in [2.24, 2.45) is 10.2 Å². The van der Waals surface area contributed by atoms with Crippen LogP contribution in [0.4, 0.5) is 0 Å². The zero-order chi connectivity index (χ0) is 13.9. The number of oxazole rings is 1. The predicted octanol–water partition coefficient (Wildman–Crippen LogP) is 3.52. The molecule has 0 saturated heterocycles. The molecule has 0 aliphatic heterocycles. The van der Waals surface area contributed by atoms with Crippen molar-refractivity contribution in [2.75, 3.05) is 0 Å². The minimum atomic E-state index is 0.471. The van der Waals surface area contributed by atoms with E-state index in [0.717, 1.165) is 22.5 Å². The summed E-state index contributed by atoms with van der Waals surface area (Å²) in [5, 5.41) is 8.31. The lowest BCUT2D eigenvalue weighted by Gasteiger charge is -2.01. The van der Waals surface area contributed by atoms with Crippen LogP contribution in [0.3, 0.4) is 0 Å². The zero-order valence-corrected chi connectivity index (χ0v) is 11.4. The van der Waals surface area contributed by atoms with E-state index in [-0.39, 0.29) is 0 Å². The van der Waals surface area contributed by atoms with Crippen LogP contribution in [-0.2, 0) is 0 Å². The number of fused-ring (bicyclic) bond motifs is 1. The summed E-state index contributed by atoms with van der Waals surface area (Å²) in [5.41, 5.74) is 4.12. The van der Waals surface area contributed by atoms with E-state index in [2.05, 4.69) is 10.2 Å². The monoisotopic (exact) mass is 265 g/mol. The molecule has 0 aliphatic rings. The minimum Gasteiger partial charge on any atom is -0.422 e. The Morgan fingerprint density at radius 1 is 0.950 bits per heavy atom. The Morgan fingerprint density at radius 2 is 1.65 bits per heavy atom. The topological polar surface area (TPSA) is 42.8 Å². The molecule has 0 unspecified atom stereocenters. The molecule has 3 rings (SSSR count). The second kappa shape index (κ2) is 5.17. The molecule has 0 spiro atoms.